The van der Waals surface area contributed by atoms with E-state index in [1.165, 1.54) is 11.6 Å². The standard InChI is InChI=1S/C28H35ClN8O4/c1-30-24(38)17-41-23-15-19-14-20(4-5-22(19)35(3)27(23)40)32-25-21(29)16-31-28(33-25)37-8-6-18(7-9-37)26(39)36-12-10-34(2)11-13-36/h4-5,14-16,18H,6-13,17H2,1-3H3,(H,30,38)(H,31,32,33). The van der Waals surface area contributed by atoms with Crippen LogP contribution in [0.15, 0.2) is 35.3 Å². The number of hydrogen-bond acceptors (Lipinski definition) is 9. The van der Waals surface area contributed by atoms with Crippen LogP contribution < -0.4 is 25.8 Å². The molecule has 3 aromatic rings. The molecule has 0 saturated carbocycles. The summed E-state index contributed by atoms with van der Waals surface area (Å²) in [6.07, 6.45) is 3.09. The van der Waals surface area contributed by atoms with Crippen LogP contribution in [0.2, 0.25) is 5.02 Å². The van der Waals surface area contributed by atoms with Gasteiger partial charge in [0.05, 0.1) is 11.7 Å². The molecule has 0 spiro atoms. The van der Waals surface area contributed by atoms with Crippen molar-refractivity contribution in [3.05, 3.63) is 45.8 Å². The van der Waals surface area contributed by atoms with Crippen LogP contribution in [0.5, 0.6) is 5.75 Å². The van der Waals surface area contributed by atoms with Crippen molar-refractivity contribution in [1.29, 1.82) is 0 Å². The lowest BCUT2D eigenvalue weighted by molar-refractivity contribution is -0.137. The van der Waals surface area contributed by atoms with E-state index in [0.29, 0.717) is 41.1 Å². The number of carbonyl (C=O) groups is 2. The highest BCUT2D eigenvalue weighted by molar-refractivity contribution is 6.32. The highest BCUT2D eigenvalue weighted by atomic mass is 35.5. The molecule has 0 bridgehead atoms. The number of anilines is 3. The number of nitrogens with zero attached hydrogens (tertiary/aromatic N) is 6. The maximum atomic E-state index is 13.0. The molecule has 2 aliphatic rings. The summed E-state index contributed by atoms with van der Waals surface area (Å²) in [5, 5.41) is 6.83. The number of piperazine rings is 1. The molecule has 2 saturated heterocycles. The molecule has 1 aromatic carbocycles. The van der Waals surface area contributed by atoms with Gasteiger partial charge in [0, 0.05) is 70.4 Å². The Labute approximate surface area is 243 Å². The van der Waals surface area contributed by atoms with Crippen molar-refractivity contribution in [3.8, 4) is 5.75 Å². The number of nitrogens with one attached hydrogen (secondary N) is 2. The molecule has 218 valence electrons. The third-order valence-electron chi connectivity index (χ3n) is 7.76. The Hall–Kier alpha value is -3.90. The molecule has 0 atom stereocenters. The van der Waals surface area contributed by atoms with Crippen LogP contribution >= 0.6 is 11.6 Å². The first kappa shape index (κ1) is 28.6. The van der Waals surface area contributed by atoms with E-state index in [-0.39, 0.29) is 35.6 Å². The summed E-state index contributed by atoms with van der Waals surface area (Å²) in [6, 6.07) is 7.13. The average Bonchev–Trinajstić information content (AvgIpc) is 2.99. The van der Waals surface area contributed by atoms with E-state index in [2.05, 4.69) is 32.5 Å². The summed E-state index contributed by atoms with van der Waals surface area (Å²) in [7, 11) is 5.24. The topological polar surface area (TPSA) is 125 Å². The highest BCUT2D eigenvalue weighted by Crippen LogP contribution is 2.29. The number of piperidine rings is 1. The van der Waals surface area contributed by atoms with Gasteiger partial charge in [-0.1, -0.05) is 11.6 Å². The zero-order valence-electron chi connectivity index (χ0n) is 23.5. The molecule has 5 rings (SSSR count). The molecule has 13 heteroatoms. The van der Waals surface area contributed by atoms with Gasteiger partial charge in [-0.25, -0.2) is 4.98 Å². The number of ether oxygens (including phenoxy) is 1. The number of fused-ring (bicyclic) bond motifs is 1. The van der Waals surface area contributed by atoms with Gasteiger partial charge in [0.2, 0.25) is 11.9 Å². The summed E-state index contributed by atoms with van der Waals surface area (Å²) in [4.78, 5) is 52.8. The van der Waals surface area contributed by atoms with Gasteiger partial charge >= 0.3 is 0 Å². The smallest absolute Gasteiger partial charge is 0.293 e. The SMILES string of the molecule is CNC(=O)COc1cc2cc(Nc3nc(N4CCC(C(=O)N5CCN(C)CC5)CC4)ncc3Cl)ccc2n(C)c1=O. The number of aromatic nitrogens is 3. The van der Waals surface area contributed by atoms with Gasteiger partial charge in [-0.15, -0.1) is 0 Å². The van der Waals surface area contributed by atoms with Crippen molar-refractivity contribution in [2.24, 2.45) is 13.0 Å². The second-order valence-corrected chi connectivity index (χ2v) is 10.9. The number of halogens is 1. The van der Waals surface area contributed by atoms with Gasteiger partial charge in [0.1, 0.15) is 5.02 Å². The van der Waals surface area contributed by atoms with Gasteiger partial charge in [-0.05, 0) is 44.2 Å². The van der Waals surface area contributed by atoms with E-state index in [1.807, 2.05) is 23.1 Å². The molecule has 41 heavy (non-hydrogen) atoms. The normalized spacial score (nSPS) is 16.6. The van der Waals surface area contributed by atoms with Gasteiger partial charge < -0.3 is 34.6 Å². The maximum absolute atomic E-state index is 13.0. The van der Waals surface area contributed by atoms with E-state index in [1.54, 1.807) is 19.3 Å². The number of benzene rings is 1. The second kappa shape index (κ2) is 12.3. The Bertz CT molecular complexity index is 1500. The van der Waals surface area contributed by atoms with Gasteiger partial charge in [-0.3, -0.25) is 14.4 Å². The number of rotatable bonds is 7. The van der Waals surface area contributed by atoms with E-state index in [4.69, 9.17) is 21.3 Å². The van der Waals surface area contributed by atoms with E-state index in [0.717, 1.165) is 44.4 Å². The summed E-state index contributed by atoms with van der Waals surface area (Å²) in [5.74, 6) is 1.04. The molecule has 2 fully saturated rings. The van der Waals surface area contributed by atoms with Gasteiger partial charge in [0.15, 0.2) is 18.2 Å². The second-order valence-electron chi connectivity index (χ2n) is 10.5. The van der Waals surface area contributed by atoms with Gasteiger partial charge in [-0.2, -0.15) is 4.98 Å². The predicted octanol–water partition coefficient (Wildman–Crippen LogP) is 1.84. The van der Waals surface area contributed by atoms with Crippen LogP contribution in [0, 0.1) is 5.92 Å². The van der Waals surface area contributed by atoms with Crippen molar-refractivity contribution in [1.82, 2.24) is 29.7 Å². The number of aryl methyl sites for hydroxylation is 1. The molecule has 2 N–H and O–H groups in total. The highest BCUT2D eigenvalue weighted by Gasteiger charge is 2.30. The summed E-state index contributed by atoms with van der Waals surface area (Å²) < 4.78 is 6.94. The average molecular weight is 583 g/mol. The lowest BCUT2D eigenvalue weighted by atomic mass is 9.95. The minimum absolute atomic E-state index is 0.0262. The fourth-order valence-electron chi connectivity index (χ4n) is 5.20. The van der Waals surface area contributed by atoms with Crippen molar-refractivity contribution in [2.45, 2.75) is 12.8 Å². The molecule has 0 radical (unpaired) electrons. The number of hydrogen-bond donors (Lipinski definition) is 2. The van der Waals surface area contributed by atoms with Crippen molar-refractivity contribution in [2.75, 3.05) is 70.2 Å². The van der Waals surface area contributed by atoms with Crippen LogP contribution in [-0.2, 0) is 16.6 Å². The molecule has 0 unspecified atom stereocenters. The lowest BCUT2D eigenvalue weighted by Gasteiger charge is -2.37. The Morgan fingerprint density at radius 2 is 1.80 bits per heavy atom. The molecule has 12 nitrogen and oxygen atoms in total. The first-order valence-electron chi connectivity index (χ1n) is 13.7. The lowest BCUT2D eigenvalue weighted by Crippen LogP contribution is -2.50. The number of amides is 2. The molecule has 2 aliphatic heterocycles. The molecule has 2 aromatic heterocycles. The first-order valence-corrected chi connectivity index (χ1v) is 14.1. The molecule has 2 amide bonds. The maximum Gasteiger partial charge on any atom is 0.293 e. The van der Waals surface area contributed by atoms with Crippen molar-refractivity contribution in [3.63, 3.8) is 0 Å². The summed E-state index contributed by atoms with van der Waals surface area (Å²) in [5.41, 5.74) is 1.08. The Kier molecular flexibility index (Phi) is 8.60. The Morgan fingerprint density at radius 1 is 1.07 bits per heavy atom. The Balaban J connectivity index is 1.28. The molecular formula is C28H35ClN8O4. The number of pyridine rings is 1. The fraction of sp³-hybridized carbons (Fsp3) is 0.464. The minimum Gasteiger partial charge on any atom is -0.478 e. The molecule has 4 heterocycles. The molecule has 0 aliphatic carbocycles. The third kappa shape index (κ3) is 6.38. The Morgan fingerprint density at radius 3 is 2.51 bits per heavy atom. The van der Waals surface area contributed by atoms with Crippen LogP contribution in [-0.4, -0.2) is 96.1 Å². The third-order valence-corrected chi connectivity index (χ3v) is 8.04. The molecular weight excluding hydrogens is 548 g/mol. The number of likely N-dealkylation sites (N-methyl/N-ethyl adjacent to an activating group) is 2. The summed E-state index contributed by atoms with van der Waals surface area (Å²) >= 11 is 6.46. The predicted molar refractivity (Wildman–Crippen MR) is 158 cm³/mol. The van der Waals surface area contributed by atoms with Crippen LogP contribution in [0.25, 0.3) is 10.9 Å². The van der Waals surface area contributed by atoms with Crippen molar-refractivity contribution < 1.29 is 14.3 Å². The van der Waals surface area contributed by atoms with E-state index in [9.17, 15) is 14.4 Å². The fourth-order valence-corrected chi connectivity index (χ4v) is 5.33. The minimum atomic E-state index is -0.334. The summed E-state index contributed by atoms with van der Waals surface area (Å²) in [6.45, 7) is 4.54. The quantitative estimate of drug-likeness (QED) is 0.429. The van der Waals surface area contributed by atoms with Crippen LogP contribution in [0.3, 0.4) is 0 Å². The van der Waals surface area contributed by atoms with E-state index < -0.39 is 0 Å². The van der Waals surface area contributed by atoms with Crippen LogP contribution in [0.1, 0.15) is 12.8 Å². The van der Waals surface area contributed by atoms with Gasteiger partial charge in [0.25, 0.3) is 11.5 Å². The van der Waals surface area contributed by atoms with E-state index >= 15 is 0 Å². The zero-order valence-corrected chi connectivity index (χ0v) is 24.3. The largest absolute Gasteiger partial charge is 0.478 e. The monoisotopic (exact) mass is 582 g/mol. The zero-order chi connectivity index (χ0) is 29.1. The first-order chi connectivity index (χ1) is 19.7. The van der Waals surface area contributed by atoms with Crippen LogP contribution in [0.4, 0.5) is 17.5 Å². The van der Waals surface area contributed by atoms with Crippen molar-refractivity contribution >= 4 is 51.8 Å². The number of carbonyl (C=O) groups excluding carboxylic acids is 2.